The molecule has 0 aliphatic carbocycles. The highest BCUT2D eigenvalue weighted by Gasteiger charge is 2.16. The number of amides is 2. The molecule has 0 unspecified atom stereocenters. The zero-order valence-corrected chi connectivity index (χ0v) is 17.9. The zero-order valence-electron chi connectivity index (χ0n) is 16.4. The summed E-state index contributed by atoms with van der Waals surface area (Å²) < 4.78 is 5.30. The molecule has 3 rings (SSSR count). The minimum atomic E-state index is -0.384. The van der Waals surface area contributed by atoms with Gasteiger partial charge in [0.2, 0.25) is 0 Å². The maximum atomic E-state index is 12.7. The summed E-state index contributed by atoms with van der Waals surface area (Å²) in [5.74, 6) is 0.412. The SMILES string of the molecule is Cc1ccccc1C(=O)N/C(=C\c1ccco1)C(=O)NCCSc1ccc(Cl)cc1. The molecule has 2 N–H and O–H groups in total. The van der Waals surface area contributed by atoms with Gasteiger partial charge in [0.1, 0.15) is 11.5 Å². The number of carbonyl (C=O) groups is 2. The Balaban J connectivity index is 1.63. The number of thioether (sulfide) groups is 1. The molecule has 0 aliphatic rings. The van der Waals surface area contributed by atoms with E-state index < -0.39 is 0 Å². The third kappa shape index (κ3) is 6.27. The molecule has 0 fully saturated rings. The van der Waals surface area contributed by atoms with Crippen LogP contribution in [0, 0.1) is 6.92 Å². The van der Waals surface area contributed by atoms with Crippen LogP contribution in [0.5, 0.6) is 0 Å². The molecule has 30 heavy (non-hydrogen) atoms. The Bertz CT molecular complexity index is 1030. The summed E-state index contributed by atoms with van der Waals surface area (Å²) in [7, 11) is 0. The fraction of sp³-hybridized carbons (Fsp3) is 0.130. The molecule has 3 aromatic rings. The van der Waals surface area contributed by atoms with Gasteiger partial charge in [0, 0.05) is 33.9 Å². The second-order valence-corrected chi connectivity index (χ2v) is 8.01. The lowest BCUT2D eigenvalue weighted by Crippen LogP contribution is -2.36. The van der Waals surface area contributed by atoms with E-state index >= 15 is 0 Å². The number of aryl methyl sites for hydroxylation is 1. The number of rotatable bonds is 8. The Kier molecular flexibility index (Phi) is 7.76. The molecule has 1 heterocycles. The number of carbonyl (C=O) groups excluding carboxylic acids is 2. The number of furan rings is 1. The molecule has 0 aliphatic heterocycles. The van der Waals surface area contributed by atoms with Crippen LogP contribution in [0.15, 0.2) is 81.9 Å². The van der Waals surface area contributed by atoms with Crippen molar-refractivity contribution in [1.29, 1.82) is 0 Å². The predicted octanol–water partition coefficient (Wildman–Crippen LogP) is 4.92. The van der Waals surface area contributed by atoms with Gasteiger partial charge in [-0.2, -0.15) is 0 Å². The van der Waals surface area contributed by atoms with E-state index in [4.69, 9.17) is 16.0 Å². The normalized spacial score (nSPS) is 11.2. The van der Waals surface area contributed by atoms with Gasteiger partial charge in [0.05, 0.1) is 6.26 Å². The number of hydrogen-bond donors (Lipinski definition) is 2. The van der Waals surface area contributed by atoms with E-state index in [1.807, 2.05) is 43.3 Å². The molecule has 1 aromatic heterocycles. The van der Waals surface area contributed by atoms with E-state index in [0.717, 1.165) is 10.5 Å². The third-order valence-corrected chi connectivity index (χ3v) is 5.45. The summed E-state index contributed by atoms with van der Waals surface area (Å²) >= 11 is 7.49. The minimum Gasteiger partial charge on any atom is -0.465 e. The Morgan fingerprint density at radius 3 is 2.53 bits per heavy atom. The maximum Gasteiger partial charge on any atom is 0.267 e. The summed E-state index contributed by atoms with van der Waals surface area (Å²) in [5.41, 5.74) is 1.45. The average molecular weight is 441 g/mol. The van der Waals surface area contributed by atoms with Crippen LogP contribution >= 0.6 is 23.4 Å². The van der Waals surface area contributed by atoms with Gasteiger partial charge in [-0.3, -0.25) is 9.59 Å². The van der Waals surface area contributed by atoms with Crippen molar-refractivity contribution in [2.75, 3.05) is 12.3 Å². The largest absolute Gasteiger partial charge is 0.465 e. The van der Waals surface area contributed by atoms with Gasteiger partial charge in [-0.15, -0.1) is 11.8 Å². The first kappa shape index (κ1) is 21.7. The number of nitrogens with one attached hydrogen (secondary N) is 2. The standard InChI is InChI=1S/C23H21ClN2O3S/c1-16-5-2-3-7-20(16)22(27)26-21(15-18-6-4-13-29-18)23(28)25-12-14-30-19-10-8-17(24)9-11-19/h2-11,13,15H,12,14H2,1H3,(H,25,28)(H,26,27)/b21-15-. The quantitative estimate of drug-likeness (QED) is 0.296. The van der Waals surface area contributed by atoms with Gasteiger partial charge in [0.15, 0.2) is 0 Å². The van der Waals surface area contributed by atoms with Crippen LogP contribution in [-0.2, 0) is 4.79 Å². The Morgan fingerprint density at radius 1 is 1.07 bits per heavy atom. The van der Waals surface area contributed by atoms with Gasteiger partial charge in [0.25, 0.3) is 11.8 Å². The molecular weight excluding hydrogens is 420 g/mol. The second-order valence-electron chi connectivity index (χ2n) is 6.40. The Morgan fingerprint density at radius 2 is 1.83 bits per heavy atom. The molecule has 0 atom stereocenters. The summed E-state index contributed by atoms with van der Waals surface area (Å²) in [6.45, 7) is 2.28. The molecule has 2 amide bonds. The smallest absolute Gasteiger partial charge is 0.267 e. The predicted molar refractivity (Wildman–Crippen MR) is 121 cm³/mol. The van der Waals surface area contributed by atoms with Crippen molar-refractivity contribution in [3.63, 3.8) is 0 Å². The first-order chi connectivity index (χ1) is 14.5. The highest BCUT2D eigenvalue weighted by molar-refractivity contribution is 7.99. The minimum absolute atomic E-state index is 0.120. The first-order valence-electron chi connectivity index (χ1n) is 9.31. The van der Waals surface area contributed by atoms with Crippen LogP contribution in [0.1, 0.15) is 21.7 Å². The molecule has 0 radical (unpaired) electrons. The molecule has 0 saturated carbocycles. The van der Waals surface area contributed by atoms with Crippen LogP contribution in [0.2, 0.25) is 5.02 Å². The van der Waals surface area contributed by atoms with Crippen molar-refractivity contribution >= 4 is 41.3 Å². The summed E-state index contributed by atoms with van der Waals surface area (Å²) in [6, 6.07) is 18.1. The van der Waals surface area contributed by atoms with Crippen LogP contribution in [0.4, 0.5) is 0 Å². The lowest BCUT2D eigenvalue weighted by Gasteiger charge is -2.12. The van der Waals surface area contributed by atoms with Gasteiger partial charge in [-0.1, -0.05) is 29.8 Å². The third-order valence-electron chi connectivity index (χ3n) is 4.18. The zero-order chi connectivity index (χ0) is 21.3. The van der Waals surface area contributed by atoms with Crippen LogP contribution in [0.25, 0.3) is 6.08 Å². The summed E-state index contributed by atoms with van der Waals surface area (Å²) in [5, 5.41) is 6.23. The second kappa shape index (κ2) is 10.7. The van der Waals surface area contributed by atoms with Crippen molar-refractivity contribution in [1.82, 2.24) is 10.6 Å². The van der Waals surface area contributed by atoms with Crippen LogP contribution in [0.3, 0.4) is 0 Å². The van der Waals surface area contributed by atoms with E-state index in [2.05, 4.69) is 10.6 Å². The van der Waals surface area contributed by atoms with Gasteiger partial charge >= 0.3 is 0 Å². The first-order valence-corrected chi connectivity index (χ1v) is 10.7. The van der Waals surface area contributed by atoms with Crippen LogP contribution in [-0.4, -0.2) is 24.1 Å². The molecule has 154 valence electrons. The topological polar surface area (TPSA) is 71.3 Å². The van der Waals surface area contributed by atoms with Gasteiger partial charge in [-0.25, -0.2) is 0 Å². The average Bonchev–Trinajstić information content (AvgIpc) is 3.25. The molecule has 2 aromatic carbocycles. The fourth-order valence-electron chi connectivity index (χ4n) is 2.65. The molecule has 0 saturated heterocycles. The van der Waals surface area contributed by atoms with Crippen LogP contribution < -0.4 is 10.6 Å². The lowest BCUT2D eigenvalue weighted by molar-refractivity contribution is -0.117. The molecule has 0 spiro atoms. The number of halogens is 1. The number of benzene rings is 2. The van der Waals surface area contributed by atoms with Gasteiger partial charge < -0.3 is 15.1 Å². The molecular formula is C23H21ClN2O3S. The highest BCUT2D eigenvalue weighted by atomic mass is 35.5. The summed E-state index contributed by atoms with van der Waals surface area (Å²) in [4.78, 5) is 26.5. The van der Waals surface area contributed by atoms with E-state index in [9.17, 15) is 9.59 Å². The molecule has 7 heteroatoms. The van der Waals surface area contributed by atoms with Crippen molar-refractivity contribution in [2.24, 2.45) is 0 Å². The molecule has 0 bridgehead atoms. The van der Waals surface area contributed by atoms with Crippen molar-refractivity contribution in [2.45, 2.75) is 11.8 Å². The monoisotopic (exact) mass is 440 g/mol. The van der Waals surface area contributed by atoms with Crippen molar-refractivity contribution in [3.05, 3.63) is 94.5 Å². The Hall–Kier alpha value is -2.96. The molecule has 5 nitrogen and oxygen atoms in total. The summed E-state index contributed by atoms with van der Waals surface area (Å²) in [6.07, 6.45) is 3.02. The van der Waals surface area contributed by atoms with Crippen molar-refractivity contribution < 1.29 is 14.0 Å². The van der Waals surface area contributed by atoms with E-state index in [1.165, 1.54) is 12.3 Å². The van der Waals surface area contributed by atoms with E-state index in [1.54, 1.807) is 36.0 Å². The number of hydrogen-bond acceptors (Lipinski definition) is 4. The van der Waals surface area contributed by atoms with Crippen molar-refractivity contribution in [3.8, 4) is 0 Å². The lowest BCUT2D eigenvalue weighted by atomic mass is 10.1. The Labute approximate surface area is 184 Å². The van der Waals surface area contributed by atoms with E-state index in [0.29, 0.717) is 28.6 Å². The van der Waals surface area contributed by atoms with E-state index in [-0.39, 0.29) is 17.5 Å². The van der Waals surface area contributed by atoms with Gasteiger partial charge in [-0.05, 0) is 55.0 Å². The highest BCUT2D eigenvalue weighted by Crippen LogP contribution is 2.19. The fourth-order valence-corrected chi connectivity index (χ4v) is 3.55. The maximum absolute atomic E-state index is 12.7.